The SMILES string of the molecule is CC1(C)Cc2ccc(C#N)cc2[C@@H]2O[C@H]21. The van der Waals surface area contributed by atoms with E-state index >= 15 is 0 Å². The Hall–Kier alpha value is -1.33. The molecule has 1 fully saturated rings. The van der Waals surface area contributed by atoms with E-state index in [1.54, 1.807) is 0 Å². The third kappa shape index (κ3) is 1.20. The molecule has 0 bridgehead atoms. The Kier molecular flexibility index (Phi) is 1.56. The topological polar surface area (TPSA) is 36.3 Å². The van der Waals surface area contributed by atoms with E-state index in [9.17, 15) is 0 Å². The Balaban J connectivity index is 2.10. The highest BCUT2D eigenvalue weighted by atomic mass is 16.6. The molecule has 15 heavy (non-hydrogen) atoms. The molecule has 1 aliphatic heterocycles. The van der Waals surface area contributed by atoms with Crippen molar-refractivity contribution in [2.45, 2.75) is 32.5 Å². The van der Waals surface area contributed by atoms with Crippen LogP contribution in [0.2, 0.25) is 0 Å². The molecular formula is C13H13NO. The molecule has 1 aliphatic carbocycles. The summed E-state index contributed by atoms with van der Waals surface area (Å²) >= 11 is 0. The van der Waals surface area contributed by atoms with Gasteiger partial charge in [-0.2, -0.15) is 5.26 Å². The number of benzene rings is 1. The van der Waals surface area contributed by atoms with Crippen LogP contribution in [-0.4, -0.2) is 6.10 Å². The maximum atomic E-state index is 8.85. The van der Waals surface area contributed by atoms with Crippen LogP contribution in [0.1, 0.15) is 36.6 Å². The Bertz CT molecular complexity index is 470. The highest BCUT2D eigenvalue weighted by molar-refractivity contribution is 5.44. The van der Waals surface area contributed by atoms with Gasteiger partial charge in [0.15, 0.2) is 0 Å². The maximum Gasteiger partial charge on any atom is 0.110 e. The van der Waals surface area contributed by atoms with Crippen molar-refractivity contribution in [2.75, 3.05) is 0 Å². The van der Waals surface area contributed by atoms with Crippen LogP contribution in [0.15, 0.2) is 18.2 Å². The number of hydrogen-bond acceptors (Lipinski definition) is 2. The summed E-state index contributed by atoms with van der Waals surface area (Å²) in [5.41, 5.74) is 3.56. The van der Waals surface area contributed by atoms with Crippen molar-refractivity contribution >= 4 is 0 Å². The molecule has 1 heterocycles. The Labute approximate surface area is 89.5 Å². The number of epoxide rings is 1. The summed E-state index contributed by atoms with van der Waals surface area (Å²) in [5.74, 6) is 0. The van der Waals surface area contributed by atoms with Crippen LogP contribution >= 0.6 is 0 Å². The van der Waals surface area contributed by atoms with E-state index in [-0.39, 0.29) is 11.5 Å². The van der Waals surface area contributed by atoms with Crippen LogP contribution in [-0.2, 0) is 11.2 Å². The average Bonchev–Trinajstić information content (AvgIpc) is 2.97. The van der Waals surface area contributed by atoms with Gasteiger partial charge in [0.2, 0.25) is 0 Å². The molecule has 0 radical (unpaired) electrons. The molecule has 0 unspecified atom stereocenters. The van der Waals surface area contributed by atoms with E-state index in [4.69, 9.17) is 10.00 Å². The lowest BCUT2D eigenvalue weighted by molar-refractivity contribution is 0.242. The fraction of sp³-hybridized carbons (Fsp3) is 0.462. The minimum absolute atomic E-state index is 0.242. The van der Waals surface area contributed by atoms with Crippen molar-refractivity contribution in [1.29, 1.82) is 5.26 Å². The second-order valence-electron chi connectivity index (χ2n) is 5.17. The van der Waals surface area contributed by atoms with Gasteiger partial charge in [0.05, 0.1) is 17.7 Å². The van der Waals surface area contributed by atoms with Crippen molar-refractivity contribution < 1.29 is 4.74 Å². The van der Waals surface area contributed by atoms with Gasteiger partial charge in [-0.3, -0.25) is 0 Å². The molecule has 1 aromatic carbocycles. The van der Waals surface area contributed by atoms with Gasteiger partial charge in [-0.25, -0.2) is 0 Å². The van der Waals surface area contributed by atoms with Crippen molar-refractivity contribution in [1.82, 2.24) is 0 Å². The fourth-order valence-corrected chi connectivity index (χ4v) is 2.62. The first kappa shape index (κ1) is 8.94. The normalized spacial score (nSPS) is 29.9. The molecule has 3 rings (SSSR count). The molecule has 1 aromatic rings. The average molecular weight is 199 g/mol. The number of nitrogens with zero attached hydrogens (tertiary/aromatic N) is 1. The Morgan fingerprint density at radius 1 is 1.47 bits per heavy atom. The highest BCUT2D eigenvalue weighted by Crippen LogP contribution is 2.55. The summed E-state index contributed by atoms with van der Waals surface area (Å²) in [5, 5.41) is 8.85. The monoisotopic (exact) mass is 199 g/mol. The molecule has 0 spiro atoms. The van der Waals surface area contributed by atoms with E-state index < -0.39 is 0 Å². The molecule has 0 saturated carbocycles. The molecule has 2 heteroatoms. The van der Waals surface area contributed by atoms with Gasteiger partial charge < -0.3 is 4.74 Å². The quantitative estimate of drug-likeness (QED) is 0.602. The van der Waals surface area contributed by atoms with Crippen LogP contribution in [0.4, 0.5) is 0 Å². The van der Waals surface area contributed by atoms with Crippen LogP contribution in [0.3, 0.4) is 0 Å². The smallest absolute Gasteiger partial charge is 0.110 e. The maximum absolute atomic E-state index is 8.85. The van der Waals surface area contributed by atoms with E-state index in [0.717, 1.165) is 12.0 Å². The zero-order chi connectivity index (χ0) is 10.6. The number of nitriles is 1. The van der Waals surface area contributed by atoms with Crippen LogP contribution < -0.4 is 0 Å². The van der Waals surface area contributed by atoms with E-state index in [0.29, 0.717) is 6.10 Å². The molecule has 2 aliphatic rings. The Morgan fingerprint density at radius 2 is 2.27 bits per heavy atom. The Morgan fingerprint density at radius 3 is 3.00 bits per heavy atom. The van der Waals surface area contributed by atoms with Gasteiger partial charge >= 0.3 is 0 Å². The zero-order valence-electron chi connectivity index (χ0n) is 8.95. The number of ether oxygens (including phenoxy) is 1. The summed E-state index contributed by atoms with van der Waals surface area (Å²) in [6.07, 6.45) is 1.66. The number of hydrogen-bond donors (Lipinski definition) is 0. The van der Waals surface area contributed by atoms with Crippen LogP contribution in [0, 0.1) is 16.7 Å². The van der Waals surface area contributed by atoms with Crippen molar-refractivity contribution in [3.63, 3.8) is 0 Å². The predicted octanol–water partition coefficient (Wildman–Crippen LogP) is 2.58. The van der Waals surface area contributed by atoms with E-state index in [2.05, 4.69) is 26.0 Å². The number of fused-ring (bicyclic) bond motifs is 3. The second kappa shape index (κ2) is 2.62. The van der Waals surface area contributed by atoms with Gasteiger partial charge in [0.1, 0.15) is 6.10 Å². The van der Waals surface area contributed by atoms with Crippen LogP contribution in [0.25, 0.3) is 0 Å². The molecule has 1 saturated heterocycles. The second-order valence-corrected chi connectivity index (χ2v) is 5.17. The lowest BCUT2D eigenvalue weighted by Crippen LogP contribution is -2.26. The summed E-state index contributed by atoms with van der Waals surface area (Å²) in [6.45, 7) is 4.50. The first-order chi connectivity index (χ1) is 7.12. The molecule has 0 amide bonds. The van der Waals surface area contributed by atoms with Gasteiger partial charge in [-0.15, -0.1) is 0 Å². The lowest BCUT2D eigenvalue weighted by Gasteiger charge is -2.27. The predicted molar refractivity (Wildman–Crippen MR) is 56.3 cm³/mol. The molecule has 76 valence electrons. The van der Waals surface area contributed by atoms with Gasteiger partial charge in [0, 0.05) is 0 Å². The zero-order valence-corrected chi connectivity index (χ0v) is 8.95. The van der Waals surface area contributed by atoms with Crippen molar-refractivity contribution in [2.24, 2.45) is 5.41 Å². The first-order valence-corrected chi connectivity index (χ1v) is 5.30. The fourth-order valence-electron chi connectivity index (χ4n) is 2.62. The van der Waals surface area contributed by atoms with E-state index in [1.807, 2.05) is 12.1 Å². The highest BCUT2D eigenvalue weighted by Gasteiger charge is 2.54. The summed E-state index contributed by atoms with van der Waals surface area (Å²) in [6, 6.07) is 8.14. The van der Waals surface area contributed by atoms with Gasteiger partial charge in [-0.1, -0.05) is 19.9 Å². The molecule has 0 N–H and O–H groups in total. The summed E-state index contributed by atoms with van der Waals surface area (Å²) in [4.78, 5) is 0. The lowest BCUT2D eigenvalue weighted by atomic mass is 9.74. The third-order valence-electron chi connectivity index (χ3n) is 3.49. The third-order valence-corrected chi connectivity index (χ3v) is 3.49. The van der Waals surface area contributed by atoms with E-state index in [1.165, 1.54) is 11.1 Å². The minimum Gasteiger partial charge on any atom is -0.364 e. The summed E-state index contributed by atoms with van der Waals surface area (Å²) < 4.78 is 5.71. The van der Waals surface area contributed by atoms with Crippen LogP contribution in [0.5, 0.6) is 0 Å². The molecule has 2 atom stereocenters. The van der Waals surface area contributed by atoms with Crippen molar-refractivity contribution in [3.8, 4) is 6.07 Å². The summed E-state index contributed by atoms with van der Waals surface area (Å²) in [7, 11) is 0. The standard InChI is InChI=1S/C13H13NO/c1-13(2)6-9-4-3-8(7-14)5-10(9)11-12(13)15-11/h3-5,11-12H,6H2,1-2H3/t11-,12+/m0/s1. The molecule has 2 nitrogen and oxygen atoms in total. The minimum atomic E-state index is 0.242. The largest absolute Gasteiger partial charge is 0.364 e. The van der Waals surface area contributed by atoms with Gasteiger partial charge in [0.25, 0.3) is 0 Å². The molecule has 0 aromatic heterocycles. The van der Waals surface area contributed by atoms with Gasteiger partial charge in [-0.05, 0) is 35.1 Å². The van der Waals surface area contributed by atoms with Crippen molar-refractivity contribution in [3.05, 3.63) is 34.9 Å². The number of rotatable bonds is 0. The molecular weight excluding hydrogens is 186 g/mol. The first-order valence-electron chi connectivity index (χ1n) is 5.30.